The van der Waals surface area contributed by atoms with E-state index in [1.165, 1.54) is 5.56 Å². The second kappa shape index (κ2) is 5.01. The van der Waals surface area contributed by atoms with Gasteiger partial charge in [-0.25, -0.2) is 0 Å². The first-order valence-electron chi connectivity index (χ1n) is 4.93. The van der Waals surface area contributed by atoms with Gasteiger partial charge in [-0.05, 0) is 24.6 Å². The van der Waals surface area contributed by atoms with E-state index in [1.54, 1.807) is 18.1 Å². The molecule has 1 heterocycles. The van der Waals surface area contributed by atoms with Crippen LogP contribution < -0.4 is 0 Å². The summed E-state index contributed by atoms with van der Waals surface area (Å²) in [5.41, 5.74) is 1.28. The Bertz CT molecular complexity index is 484. The highest BCUT2D eigenvalue weighted by molar-refractivity contribution is 9.10. The fourth-order valence-corrected chi connectivity index (χ4v) is 2.69. The van der Waals surface area contributed by atoms with E-state index in [-0.39, 0.29) is 0 Å². The maximum absolute atomic E-state index is 4.07. The molecule has 1 aromatic heterocycles. The highest BCUT2D eigenvalue weighted by Crippen LogP contribution is 2.33. The Morgan fingerprint density at radius 1 is 1.44 bits per heavy atom. The molecule has 1 atom stereocenters. The van der Waals surface area contributed by atoms with Gasteiger partial charge in [-0.2, -0.15) is 0 Å². The average Bonchev–Trinajstić information content (AvgIpc) is 2.64. The maximum atomic E-state index is 4.07. The molecule has 5 heteroatoms. The van der Waals surface area contributed by atoms with E-state index in [9.17, 15) is 0 Å². The van der Waals surface area contributed by atoms with Crippen molar-refractivity contribution in [2.75, 3.05) is 0 Å². The molecule has 2 rings (SSSR count). The number of nitrogens with zero attached hydrogens (tertiary/aromatic N) is 3. The summed E-state index contributed by atoms with van der Waals surface area (Å²) in [5.74, 6) is 0. The van der Waals surface area contributed by atoms with Crippen molar-refractivity contribution in [3.8, 4) is 0 Å². The second-order valence-electron chi connectivity index (χ2n) is 3.54. The minimum atomic E-state index is 0.361. The van der Waals surface area contributed by atoms with Gasteiger partial charge < -0.3 is 4.57 Å². The lowest BCUT2D eigenvalue weighted by molar-refractivity contribution is 0.785. The van der Waals surface area contributed by atoms with Crippen molar-refractivity contribution in [2.45, 2.75) is 17.3 Å². The third-order valence-electron chi connectivity index (χ3n) is 2.27. The van der Waals surface area contributed by atoms with Gasteiger partial charge in [0.25, 0.3) is 0 Å². The topological polar surface area (TPSA) is 30.7 Å². The highest BCUT2D eigenvalue weighted by atomic mass is 79.9. The molecule has 3 nitrogen and oxygen atoms in total. The molecule has 0 aliphatic heterocycles. The lowest BCUT2D eigenvalue weighted by atomic mass is 10.2. The number of halogens is 1. The zero-order valence-electron chi connectivity index (χ0n) is 9.09. The zero-order chi connectivity index (χ0) is 11.5. The molecule has 0 spiro atoms. The van der Waals surface area contributed by atoms with Gasteiger partial charge in [0.05, 0.1) is 0 Å². The first-order valence-corrected chi connectivity index (χ1v) is 6.60. The molecule has 0 bridgehead atoms. The van der Waals surface area contributed by atoms with E-state index in [0.717, 1.165) is 9.63 Å². The predicted molar refractivity (Wildman–Crippen MR) is 69.4 cm³/mol. The minimum absolute atomic E-state index is 0.361. The van der Waals surface area contributed by atoms with Crippen molar-refractivity contribution in [3.05, 3.63) is 40.6 Å². The summed E-state index contributed by atoms with van der Waals surface area (Å²) in [5, 5.41) is 9.24. The van der Waals surface area contributed by atoms with Gasteiger partial charge in [0.2, 0.25) is 0 Å². The predicted octanol–water partition coefficient (Wildman–Crippen LogP) is 3.43. The van der Waals surface area contributed by atoms with Crippen LogP contribution in [0.3, 0.4) is 0 Å². The summed E-state index contributed by atoms with van der Waals surface area (Å²) in [4.78, 5) is 0. The van der Waals surface area contributed by atoms with E-state index in [0.29, 0.717) is 5.25 Å². The normalized spacial score (nSPS) is 12.7. The maximum Gasteiger partial charge on any atom is 0.191 e. The smallest absolute Gasteiger partial charge is 0.191 e. The van der Waals surface area contributed by atoms with Gasteiger partial charge in [0.15, 0.2) is 5.16 Å². The molecule has 0 fully saturated rings. The van der Waals surface area contributed by atoms with Crippen LogP contribution >= 0.6 is 27.7 Å². The lowest BCUT2D eigenvalue weighted by Gasteiger charge is -2.10. The van der Waals surface area contributed by atoms with E-state index in [2.05, 4.69) is 45.2 Å². The van der Waals surface area contributed by atoms with E-state index in [1.807, 2.05) is 23.7 Å². The van der Waals surface area contributed by atoms with Crippen molar-refractivity contribution >= 4 is 27.7 Å². The summed E-state index contributed by atoms with van der Waals surface area (Å²) in [6.45, 7) is 2.17. The summed E-state index contributed by atoms with van der Waals surface area (Å²) >= 11 is 5.19. The molecule has 0 N–H and O–H groups in total. The van der Waals surface area contributed by atoms with Crippen molar-refractivity contribution in [1.29, 1.82) is 0 Å². The number of thioether (sulfide) groups is 1. The van der Waals surface area contributed by atoms with Gasteiger partial charge in [0.1, 0.15) is 6.33 Å². The van der Waals surface area contributed by atoms with Crippen LogP contribution in [0.25, 0.3) is 0 Å². The Balaban J connectivity index is 2.14. The number of aromatic nitrogens is 3. The van der Waals surface area contributed by atoms with Gasteiger partial charge in [0, 0.05) is 16.8 Å². The first-order chi connectivity index (χ1) is 7.66. The summed E-state index contributed by atoms with van der Waals surface area (Å²) in [7, 11) is 1.95. The van der Waals surface area contributed by atoms with Crippen molar-refractivity contribution in [2.24, 2.45) is 7.05 Å². The lowest BCUT2D eigenvalue weighted by Crippen LogP contribution is -1.93. The van der Waals surface area contributed by atoms with Gasteiger partial charge in [-0.15, -0.1) is 10.2 Å². The number of aryl methyl sites for hydroxylation is 1. The van der Waals surface area contributed by atoms with Gasteiger partial charge in [-0.1, -0.05) is 39.8 Å². The summed E-state index contributed by atoms with van der Waals surface area (Å²) in [6.07, 6.45) is 1.72. The number of rotatable bonds is 3. The van der Waals surface area contributed by atoms with Crippen molar-refractivity contribution in [1.82, 2.24) is 14.8 Å². The first kappa shape index (κ1) is 11.7. The minimum Gasteiger partial charge on any atom is -0.312 e. The Morgan fingerprint density at radius 2 is 2.25 bits per heavy atom. The van der Waals surface area contributed by atoms with Crippen LogP contribution in [0.15, 0.2) is 40.2 Å². The van der Waals surface area contributed by atoms with E-state index >= 15 is 0 Å². The highest BCUT2D eigenvalue weighted by Gasteiger charge is 2.11. The van der Waals surface area contributed by atoms with Crippen LogP contribution in [0.5, 0.6) is 0 Å². The van der Waals surface area contributed by atoms with Crippen LogP contribution in [0.1, 0.15) is 17.7 Å². The van der Waals surface area contributed by atoms with E-state index in [4.69, 9.17) is 0 Å². The molecule has 1 aromatic carbocycles. The monoisotopic (exact) mass is 297 g/mol. The number of hydrogen-bond acceptors (Lipinski definition) is 3. The molecular weight excluding hydrogens is 286 g/mol. The van der Waals surface area contributed by atoms with Crippen molar-refractivity contribution < 1.29 is 0 Å². The molecule has 0 amide bonds. The number of hydrogen-bond donors (Lipinski definition) is 0. The van der Waals surface area contributed by atoms with E-state index < -0.39 is 0 Å². The molecule has 0 radical (unpaired) electrons. The quantitative estimate of drug-likeness (QED) is 0.813. The molecule has 84 valence electrons. The molecule has 0 aliphatic rings. The fourth-order valence-electron chi connectivity index (χ4n) is 1.36. The zero-order valence-corrected chi connectivity index (χ0v) is 11.5. The van der Waals surface area contributed by atoms with Crippen LogP contribution in [-0.4, -0.2) is 14.8 Å². The molecule has 0 saturated heterocycles. The molecule has 2 aromatic rings. The molecule has 0 unspecified atom stereocenters. The van der Waals surface area contributed by atoms with Crippen LogP contribution in [0, 0.1) is 0 Å². The molecule has 16 heavy (non-hydrogen) atoms. The van der Waals surface area contributed by atoms with Crippen molar-refractivity contribution in [3.63, 3.8) is 0 Å². The van der Waals surface area contributed by atoms with Gasteiger partial charge in [-0.3, -0.25) is 0 Å². The Labute approximate surface area is 107 Å². The third-order valence-corrected chi connectivity index (χ3v) is 3.97. The summed E-state index contributed by atoms with van der Waals surface area (Å²) in [6, 6.07) is 8.34. The summed E-state index contributed by atoms with van der Waals surface area (Å²) < 4.78 is 3.04. The van der Waals surface area contributed by atoms with Crippen LogP contribution in [0.2, 0.25) is 0 Å². The Morgan fingerprint density at radius 3 is 2.88 bits per heavy atom. The Hall–Kier alpha value is -0.810. The van der Waals surface area contributed by atoms with Gasteiger partial charge >= 0.3 is 0 Å². The third kappa shape index (κ3) is 2.65. The largest absolute Gasteiger partial charge is 0.312 e. The molecule has 0 aliphatic carbocycles. The molecular formula is C11H12BrN3S. The fraction of sp³-hybridized carbons (Fsp3) is 0.273. The van der Waals surface area contributed by atoms with Crippen LogP contribution in [-0.2, 0) is 7.05 Å². The molecule has 0 saturated carbocycles. The SMILES string of the molecule is C[C@H](Sc1nncn1C)c1cccc(Br)c1. The van der Waals surface area contributed by atoms with Crippen LogP contribution in [0.4, 0.5) is 0 Å². The Kier molecular flexibility index (Phi) is 3.66. The average molecular weight is 298 g/mol. The second-order valence-corrected chi connectivity index (χ2v) is 5.76. The standard InChI is InChI=1S/C11H12BrN3S/c1-8(9-4-3-5-10(12)6-9)16-11-14-13-7-15(11)2/h3-8H,1-2H3/t8-/m0/s1. The number of benzene rings is 1.